The summed E-state index contributed by atoms with van der Waals surface area (Å²) in [6.45, 7) is 0. The van der Waals surface area contributed by atoms with Crippen LogP contribution in [0.1, 0.15) is 22.3 Å². The summed E-state index contributed by atoms with van der Waals surface area (Å²) in [5.41, 5.74) is 19.1. The molecule has 0 atom stereocenters. The topological polar surface area (TPSA) is 38.7 Å². The van der Waals surface area contributed by atoms with Crippen LogP contribution in [0.25, 0.3) is 89.8 Å². The Bertz CT molecular complexity index is 3200. The first-order valence-corrected chi connectivity index (χ1v) is 20.9. The molecular weight excluding hydrogens is 739 g/mol. The molecule has 0 radical (unpaired) electrons. The van der Waals surface area contributed by atoms with Crippen molar-refractivity contribution in [2.45, 2.75) is 5.41 Å². The zero-order valence-corrected chi connectivity index (χ0v) is 33.2. The van der Waals surface area contributed by atoms with E-state index in [1.165, 1.54) is 55.6 Å². The summed E-state index contributed by atoms with van der Waals surface area (Å²) in [6.07, 6.45) is 0. The minimum atomic E-state index is -0.610. The summed E-state index contributed by atoms with van der Waals surface area (Å²) in [7, 11) is 0. The number of nitrogens with zero attached hydrogens (tertiary/aromatic N) is 3. The second kappa shape index (κ2) is 14.1. The molecule has 0 bridgehead atoms. The molecule has 0 aliphatic heterocycles. The van der Waals surface area contributed by atoms with E-state index >= 15 is 0 Å². The van der Waals surface area contributed by atoms with Crippen molar-refractivity contribution >= 4 is 0 Å². The third-order valence-corrected chi connectivity index (χ3v) is 12.5. The maximum atomic E-state index is 5.41. The molecule has 9 aromatic carbocycles. The SMILES string of the molecule is c1ccc(-c2cc(-c3ccccc3)cc(-c3nc(-c4ccccc4)nc(-c4ccc5c(c4)C4(c6ccccc6-c6ccccc6-5)c5ccccc5-c5ccccc54)n3)c2)cc1. The van der Waals surface area contributed by atoms with Crippen LogP contribution in [0, 0.1) is 0 Å². The number of rotatable bonds is 5. The van der Waals surface area contributed by atoms with Crippen LogP contribution in [0.5, 0.6) is 0 Å². The fourth-order valence-electron chi connectivity index (χ4n) is 9.89. The minimum Gasteiger partial charge on any atom is -0.208 e. The highest BCUT2D eigenvalue weighted by molar-refractivity contribution is 5.98. The third kappa shape index (κ3) is 5.55. The molecule has 3 heteroatoms. The molecule has 0 saturated heterocycles. The average molecular weight is 776 g/mol. The van der Waals surface area contributed by atoms with Gasteiger partial charge in [-0.25, -0.2) is 15.0 Å². The number of aromatic nitrogens is 3. The van der Waals surface area contributed by atoms with Crippen molar-refractivity contribution in [1.82, 2.24) is 15.0 Å². The molecule has 2 aliphatic carbocycles. The highest BCUT2D eigenvalue weighted by atomic mass is 15.0. The summed E-state index contributed by atoms with van der Waals surface area (Å²) in [5, 5.41) is 0. The van der Waals surface area contributed by atoms with Gasteiger partial charge in [-0.2, -0.15) is 0 Å². The Balaban J connectivity index is 1.14. The normalized spacial score (nSPS) is 12.7. The van der Waals surface area contributed by atoms with Gasteiger partial charge in [-0.15, -0.1) is 0 Å². The molecule has 61 heavy (non-hydrogen) atoms. The quantitative estimate of drug-likeness (QED) is 0.175. The van der Waals surface area contributed by atoms with Gasteiger partial charge in [0, 0.05) is 16.7 Å². The Hall–Kier alpha value is -8.01. The third-order valence-electron chi connectivity index (χ3n) is 12.5. The van der Waals surface area contributed by atoms with E-state index in [-0.39, 0.29) is 0 Å². The van der Waals surface area contributed by atoms with Gasteiger partial charge < -0.3 is 0 Å². The van der Waals surface area contributed by atoms with Crippen LogP contribution in [0.2, 0.25) is 0 Å². The van der Waals surface area contributed by atoms with Gasteiger partial charge in [-0.1, -0.05) is 200 Å². The highest BCUT2D eigenvalue weighted by Gasteiger charge is 2.49. The van der Waals surface area contributed by atoms with E-state index in [9.17, 15) is 0 Å². The summed E-state index contributed by atoms with van der Waals surface area (Å²) >= 11 is 0. The van der Waals surface area contributed by atoms with Crippen LogP contribution >= 0.6 is 0 Å². The van der Waals surface area contributed by atoms with Gasteiger partial charge in [-0.3, -0.25) is 0 Å². The van der Waals surface area contributed by atoms with E-state index in [4.69, 9.17) is 15.0 Å². The minimum absolute atomic E-state index is 0.610. The first kappa shape index (κ1) is 35.0. The first-order chi connectivity index (χ1) is 30.2. The van der Waals surface area contributed by atoms with Crippen LogP contribution in [0.4, 0.5) is 0 Å². The van der Waals surface area contributed by atoms with Gasteiger partial charge in [0.15, 0.2) is 17.5 Å². The van der Waals surface area contributed by atoms with E-state index in [0.29, 0.717) is 17.5 Å². The van der Waals surface area contributed by atoms with E-state index in [1.54, 1.807) is 0 Å². The molecule has 0 amide bonds. The second-order valence-corrected chi connectivity index (χ2v) is 15.9. The number of hydrogen-bond donors (Lipinski definition) is 0. The molecule has 0 saturated carbocycles. The van der Waals surface area contributed by atoms with Crippen LogP contribution in [0.15, 0.2) is 224 Å². The van der Waals surface area contributed by atoms with Crippen molar-refractivity contribution in [1.29, 1.82) is 0 Å². The Kier molecular flexibility index (Phi) is 8.07. The molecule has 0 unspecified atom stereocenters. The zero-order valence-electron chi connectivity index (χ0n) is 33.2. The standard InChI is InChI=1S/C58H37N3/c1-4-18-38(19-5-1)42-34-43(39-20-6-2-7-21-39)36-44(35-42)57-60-55(40-22-8-3-9-23-40)59-56(61-57)41-32-33-50-46-25-11-10-24-45(46)47-26-12-15-29-51(47)58(54(50)37-41)52-30-16-13-27-48(52)49-28-14-17-31-53(49)58/h1-37H. The molecule has 3 nitrogen and oxygen atoms in total. The fourth-order valence-corrected chi connectivity index (χ4v) is 9.89. The van der Waals surface area contributed by atoms with Gasteiger partial charge in [0.2, 0.25) is 0 Å². The summed E-state index contributed by atoms with van der Waals surface area (Å²) in [4.78, 5) is 16.0. The van der Waals surface area contributed by atoms with E-state index in [1.807, 2.05) is 18.2 Å². The molecular formula is C58H37N3. The molecule has 1 aromatic heterocycles. The first-order valence-electron chi connectivity index (χ1n) is 20.9. The summed E-state index contributed by atoms with van der Waals surface area (Å²) in [6, 6.07) is 80.7. The van der Waals surface area contributed by atoms with Crippen molar-refractivity contribution in [3.63, 3.8) is 0 Å². The predicted octanol–water partition coefficient (Wildman–Crippen LogP) is 14.2. The van der Waals surface area contributed by atoms with Crippen molar-refractivity contribution < 1.29 is 0 Å². The summed E-state index contributed by atoms with van der Waals surface area (Å²) in [5.74, 6) is 1.87. The van der Waals surface area contributed by atoms with Crippen LogP contribution in [-0.2, 0) is 5.41 Å². The van der Waals surface area contributed by atoms with Crippen molar-refractivity contribution in [2.24, 2.45) is 0 Å². The lowest BCUT2D eigenvalue weighted by Gasteiger charge is -2.35. The van der Waals surface area contributed by atoms with E-state index in [2.05, 4.69) is 206 Å². The van der Waals surface area contributed by atoms with Crippen molar-refractivity contribution in [3.8, 4) is 89.8 Å². The fraction of sp³-hybridized carbons (Fsp3) is 0.0172. The second-order valence-electron chi connectivity index (χ2n) is 15.9. The molecule has 12 rings (SSSR count). The Morgan fingerprint density at radius 2 is 0.557 bits per heavy atom. The Labute approximate surface area is 355 Å². The van der Waals surface area contributed by atoms with Crippen LogP contribution in [-0.4, -0.2) is 15.0 Å². The molecule has 10 aromatic rings. The van der Waals surface area contributed by atoms with Crippen LogP contribution < -0.4 is 0 Å². The Morgan fingerprint density at radius 3 is 1.05 bits per heavy atom. The molecule has 0 N–H and O–H groups in total. The molecule has 2 aliphatic rings. The molecule has 1 spiro atoms. The van der Waals surface area contributed by atoms with Gasteiger partial charge in [-0.05, 0) is 102 Å². The van der Waals surface area contributed by atoms with E-state index in [0.717, 1.165) is 38.9 Å². The lowest BCUT2D eigenvalue weighted by molar-refractivity contribution is 0.775. The smallest absolute Gasteiger partial charge is 0.164 e. The monoisotopic (exact) mass is 775 g/mol. The Morgan fingerprint density at radius 1 is 0.213 bits per heavy atom. The van der Waals surface area contributed by atoms with E-state index < -0.39 is 5.41 Å². The van der Waals surface area contributed by atoms with Crippen molar-refractivity contribution in [2.75, 3.05) is 0 Å². The molecule has 284 valence electrons. The maximum absolute atomic E-state index is 5.41. The number of hydrogen-bond acceptors (Lipinski definition) is 3. The highest BCUT2D eigenvalue weighted by Crippen LogP contribution is 2.61. The van der Waals surface area contributed by atoms with Gasteiger partial charge in [0.25, 0.3) is 0 Å². The lowest BCUT2D eigenvalue weighted by Crippen LogP contribution is -2.29. The predicted molar refractivity (Wildman–Crippen MR) is 249 cm³/mol. The van der Waals surface area contributed by atoms with Gasteiger partial charge >= 0.3 is 0 Å². The summed E-state index contributed by atoms with van der Waals surface area (Å²) < 4.78 is 0. The molecule has 1 heterocycles. The largest absolute Gasteiger partial charge is 0.208 e. The lowest BCUT2D eigenvalue weighted by atomic mass is 9.65. The van der Waals surface area contributed by atoms with Gasteiger partial charge in [0.05, 0.1) is 5.41 Å². The van der Waals surface area contributed by atoms with Gasteiger partial charge in [0.1, 0.15) is 0 Å². The van der Waals surface area contributed by atoms with Crippen LogP contribution in [0.3, 0.4) is 0 Å². The van der Waals surface area contributed by atoms with Crippen molar-refractivity contribution in [3.05, 3.63) is 247 Å². The molecule has 0 fully saturated rings. The number of fused-ring (bicyclic) bond motifs is 12. The zero-order chi connectivity index (χ0) is 40.3. The average Bonchev–Trinajstić information content (AvgIpc) is 3.59. The number of benzene rings is 9. The maximum Gasteiger partial charge on any atom is 0.164 e.